The van der Waals surface area contributed by atoms with Crippen molar-refractivity contribution >= 4 is 11.7 Å². The Kier molecular flexibility index (Phi) is 2.69. The minimum atomic E-state index is -0.860. The predicted molar refractivity (Wildman–Crippen MR) is 64.1 cm³/mol. The van der Waals surface area contributed by atoms with Crippen LogP contribution >= 0.6 is 0 Å². The summed E-state index contributed by atoms with van der Waals surface area (Å²) in [5.74, 6) is -0.860. The fourth-order valence-corrected chi connectivity index (χ4v) is 2.09. The van der Waals surface area contributed by atoms with Gasteiger partial charge in [-0.15, -0.1) is 0 Å². The quantitative estimate of drug-likeness (QED) is 0.790. The number of carboxylic acids is 1. The van der Waals surface area contributed by atoms with Crippen LogP contribution in [-0.4, -0.2) is 24.2 Å². The van der Waals surface area contributed by atoms with E-state index in [1.165, 1.54) is 0 Å². The molecule has 0 fully saturated rings. The van der Waals surface area contributed by atoms with E-state index in [1.807, 2.05) is 13.0 Å². The fraction of sp³-hybridized carbons (Fsp3) is 0.308. The van der Waals surface area contributed by atoms with Crippen molar-refractivity contribution in [3.63, 3.8) is 0 Å². The van der Waals surface area contributed by atoms with Crippen LogP contribution in [0.4, 0.5) is 5.69 Å². The van der Waals surface area contributed by atoms with Crippen molar-refractivity contribution in [2.75, 3.05) is 18.0 Å². The molecule has 3 nitrogen and oxygen atoms in total. The van der Waals surface area contributed by atoms with Crippen molar-refractivity contribution in [3.05, 3.63) is 41.5 Å². The molecular formula is C13H15NO2. The first kappa shape index (κ1) is 10.7. The molecule has 0 spiro atoms. The van der Waals surface area contributed by atoms with Gasteiger partial charge in [0.15, 0.2) is 0 Å². The lowest BCUT2D eigenvalue weighted by Crippen LogP contribution is -2.22. The van der Waals surface area contributed by atoms with Crippen molar-refractivity contribution in [1.29, 1.82) is 0 Å². The molecule has 1 aliphatic rings. The predicted octanol–water partition coefficient (Wildman–Crippen LogP) is 2.32. The molecule has 0 atom stereocenters. The number of anilines is 1. The topological polar surface area (TPSA) is 40.5 Å². The molecule has 0 bridgehead atoms. The molecule has 0 unspecified atom stereocenters. The van der Waals surface area contributed by atoms with Gasteiger partial charge in [0.25, 0.3) is 0 Å². The lowest BCUT2D eigenvalue weighted by atomic mass is 10.1. The maximum absolute atomic E-state index is 10.8. The molecule has 2 rings (SSSR count). The second-order valence-electron chi connectivity index (χ2n) is 4.28. The zero-order chi connectivity index (χ0) is 11.7. The summed E-state index contributed by atoms with van der Waals surface area (Å²) in [4.78, 5) is 13.1. The van der Waals surface area contributed by atoms with Crippen LogP contribution < -0.4 is 4.90 Å². The molecule has 1 N–H and O–H groups in total. The second-order valence-corrected chi connectivity index (χ2v) is 4.28. The summed E-state index contributed by atoms with van der Waals surface area (Å²) in [6.07, 6.45) is 0.920. The van der Waals surface area contributed by atoms with Gasteiger partial charge < -0.3 is 10.0 Å². The maximum Gasteiger partial charge on any atom is 0.335 e. The van der Waals surface area contributed by atoms with Crippen molar-refractivity contribution < 1.29 is 9.90 Å². The van der Waals surface area contributed by atoms with E-state index in [2.05, 4.69) is 11.5 Å². The zero-order valence-electron chi connectivity index (χ0n) is 9.36. The van der Waals surface area contributed by atoms with Crippen LogP contribution in [0.2, 0.25) is 0 Å². The highest BCUT2D eigenvalue weighted by atomic mass is 16.4. The average molecular weight is 217 g/mol. The van der Waals surface area contributed by atoms with Gasteiger partial charge in [-0.1, -0.05) is 12.2 Å². The standard InChI is InChI=1S/C13H15NO2/c1-9(2)8-14-6-5-10-7-11(13(15)16)3-4-12(10)14/h3-4,7H,1,5-6,8H2,2H3,(H,15,16). The number of carboxylic acid groups (broad SMARTS) is 1. The van der Waals surface area contributed by atoms with E-state index < -0.39 is 5.97 Å². The molecule has 1 aromatic rings. The molecule has 0 saturated carbocycles. The highest BCUT2D eigenvalue weighted by molar-refractivity contribution is 5.88. The molecular weight excluding hydrogens is 202 g/mol. The Morgan fingerprint density at radius 3 is 2.94 bits per heavy atom. The summed E-state index contributed by atoms with van der Waals surface area (Å²) < 4.78 is 0. The number of rotatable bonds is 3. The Morgan fingerprint density at radius 1 is 1.56 bits per heavy atom. The molecule has 0 aliphatic carbocycles. The molecule has 1 heterocycles. The van der Waals surface area contributed by atoms with Gasteiger partial charge in [0.1, 0.15) is 0 Å². The summed E-state index contributed by atoms with van der Waals surface area (Å²) >= 11 is 0. The summed E-state index contributed by atoms with van der Waals surface area (Å²) in [5.41, 5.74) is 3.76. The van der Waals surface area contributed by atoms with Crippen LogP contribution in [0.5, 0.6) is 0 Å². The molecule has 84 valence electrons. The van der Waals surface area contributed by atoms with Crippen molar-refractivity contribution in [2.24, 2.45) is 0 Å². The smallest absolute Gasteiger partial charge is 0.335 e. The lowest BCUT2D eigenvalue weighted by Gasteiger charge is -2.19. The number of hydrogen-bond acceptors (Lipinski definition) is 2. The number of fused-ring (bicyclic) bond motifs is 1. The maximum atomic E-state index is 10.8. The van der Waals surface area contributed by atoms with E-state index in [4.69, 9.17) is 5.11 Å². The zero-order valence-corrected chi connectivity index (χ0v) is 9.36. The van der Waals surface area contributed by atoms with Gasteiger partial charge in [-0.2, -0.15) is 0 Å². The van der Waals surface area contributed by atoms with Crippen LogP contribution in [0.25, 0.3) is 0 Å². The number of aromatic carboxylic acids is 1. The highest BCUT2D eigenvalue weighted by Gasteiger charge is 2.19. The first-order valence-electron chi connectivity index (χ1n) is 5.33. The molecule has 1 aliphatic heterocycles. The molecule has 1 aromatic carbocycles. The third-order valence-electron chi connectivity index (χ3n) is 2.78. The molecule has 0 aromatic heterocycles. The van der Waals surface area contributed by atoms with Crippen molar-refractivity contribution in [3.8, 4) is 0 Å². The molecule has 3 heteroatoms. The van der Waals surface area contributed by atoms with Gasteiger partial charge in [0.05, 0.1) is 5.56 Å². The Morgan fingerprint density at radius 2 is 2.31 bits per heavy atom. The molecule has 0 saturated heterocycles. The minimum Gasteiger partial charge on any atom is -0.478 e. The van der Waals surface area contributed by atoms with E-state index in [-0.39, 0.29) is 0 Å². The van der Waals surface area contributed by atoms with Crippen molar-refractivity contribution in [2.45, 2.75) is 13.3 Å². The summed E-state index contributed by atoms with van der Waals surface area (Å²) in [5, 5.41) is 8.90. The number of hydrogen-bond donors (Lipinski definition) is 1. The Balaban J connectivity index is 2.28. The third-order valence-corrected chi connectivity index (χ3v) is 2.78. The molecule has 16 heavy (non-hydrogen) atoms. The summed E-state index contributed by atoms with van der Waals surface area (Å²) in [6, 6.07) is 5.34. The van der Waals surface area contributed by atoms with E-state index >= 15 is 0 Å². The minimum absolute atomic E-state index is 0.371. The first-order chi connectivity index (χ1) is 7.58. The van der Waals surface area contributed by atoms with Crippen LogP contribution in [0.3, 0.4) is 0 Å². The van der Waals surface area contributed by atoms with E-state index in [0.29, 0.717) is 5.56 Å². The Bertz CT molecular complexity index is 451. The van der Waals surface area contributed by atoms with Gasteiger partial charge >= 0.3 is 5.97 Å². The van der Waals surface area contributed by atoms with Gasteiger partial charge in [-0.25, -0.2) is 4.79 Å². The highest BCUT2D eigenvalue weighted by Crippen LogP contribution is 2.29. The SMILES string of the molecule is C=C(C)CN1CCc2cc(C(=O)O)ccc21. The number of nitrogens with zero attached hydrogens (tertiary/aromatic N) is 1. The number of benzene rings is 1. The van der Waals surface area contributed by atoms with Crippen LogP contribution in [0.15, 0.2) is 30.4 Å². The van der Waals surface area contributed by atoms with E-state index in [9.17, 15) is 4.79 Å². The Hall–Kier alpha value is -1.77. The molecule has 0 radical (unpaired) electrons. The van der Waals surface area contributed by atoms with Gasteiger partial charge in [-0.3, -0.25) is 0 Å². The monoisotopic (exact) mass is 217 g/mol. The van der Waals surface area contributed by atoms with Crippen LogP contribution in [0.1, 0.15) is 22.8 Å². The van der Waals surface area contributed by atoms with Gasteiger partial charge in [0.2, 0.25) is 0 Å². The van der Waals surface area contributed by atoms with E-state index in [1.54, 1.807) is 12.1 Å². The molecule has 0 amide bonds. The Labute approximate surface area is 95.0 Å². The average Bonchev–Trinajstić information content (AvgIpc) is 2.60. The van der Waals surface area contributed by atoms with Crippen molar-refractivity contribution in [1.82, 2.24) is 0 Å². The van der Waals surface area contributed by atoms with Gasteiger partial charge in [-0.05, 0) is 37.1 Å². The second kappa shape index (κ2) is 4.00. The largest absolute Gasteiger partial charge is 0.478 e. The normalized spacial score (nSPS) is 13.7. The summed E-state index contributed by atoms with van der Waals surface area (Å²) in [7, 11) is 0. The third kappa shape index (κ3) is 1.94. The lowest BCUT2D eigenvalue weighted by molar-refractivity contribution is 0.0697. The van der Waals surface area contributed by atoms with Crippen LogP contribution in [0, 0.1) is 0 Å². The fourth-order valence-electron chi connectivity index (χ4n) is 2.09. The van der Waals surface area contributed by atoms with E-state index in [0.717, 1.165) is 36.3 Å². The van der Waals surface area contributed by atoms with Gasteiger partial charge in [0, 0.05) is 18.8 Å². The van der Waals surface area contributed by atoms with Crippen LogP contribution in [-0.2, 0) is 6.42 Å². The first-order valence-corrected chi connectivity index (χ1v) is 5.33. The summed E-state index contributed by atoms with van der Waals surface area (Å²) in [6.45, 7) is 7.70. The number of carbonyl (C=O) groups is 1.